The third-order valence-corrected chi connectivity index (χ3v) is 10.6. The molecule has 2 fully saturated rings. The van der Waals surface area contributed by atoms with E-state index in [1.807, 2.05) is 61.5 Å². The third-order valence-electron chi connectivity index (χ3n) is 10.6. The van der Waals surface area contributed by atoms with E-state index >= 15 is 0 Å². The van der Waals surface area contributed by atoms with Crippen LogP contribution < -0.4 is 11.1 Å². The molecule has 2 saturated heterocycles. The summed E-state index contributed by atoms with van der Waals surface area (Å²) < 4.78 is 17.3. The van der Waals surface area contributed by atoms with E-state index in [1.54, 1.807) is 29.2 Å². The first kappa shape index (κ1) is 40.1. The number of hydrogen-bond donors (Lipinski definition) is 2. The number of para-hydroxylation sites is 2. The lowest BCUT2D eigenvalue weighted by molar-refractivity contribution is -0.139. The summed E-state index contributed by atoms with van der Waals surface area (Å²) >= 11 is 0. The molecular weight excluding hydrogens is 714 g/mol. The van der Waals surface area contributed by atoms with E-state index in [0.29, 0.717) is 50.0 Å². The average molecular weight is 766 g/mol. The first-order valence-electron chi connectivity index (χ1n) is 19.6. The Balaban J connectivity index is 1.25. The Hall–Kier alpha value is -5.56. The van der Waals surface area contributed by atoms with Crippen molar-refractivity contribution in [2.75, 3.05) is 26.2 Å². The molecule has 1 aromatic heterocycles. The smallest absolute Gasteiger partial charge is 0.410 e. The van der Waals surface area contributed by atoms with Crippen molar-refractivity contribution in [2.45, 2.75) is 89.5 Å². The molecule has 4 aromatic rings. The van der Waals surface area contributed by atoms with Crippen molar-refractivity contribution in [1.82, 2.24) is 20.1 Å². The second-order valence-electron chi connectivity index (χ2n) is 14.7. The number of piperidine rings is 1. The molecule has 0 spiro atoms. The number of benzene rings is 3. The molecule has 3 aromatic carbocycles. The monoisotopic (exact) mass is 765 g/mol. The van der Waals surface area contributed by atoms with Gasteiger partial charge in [-0.1, -0.05) is 73.2 Å². The molecule has 2 aliphatic heterocycles. The van der Waals surface area contributed by atoms with E-state index in [0.717, 1.165) is 36.0 Å². The Morgan fingerprint density at radius 2 is 1.66 bits per heavy atom. The fraction of sp³-hybridized carbons (Fsp3) is 0.442. The number of carbonyl (C=O) groups is 5. The van der Waals surface area contributed by atoms with Crippen LogP contribution >= 0.6 is 0 Å². The summed E-state index contributed by atoms with van der Waals surface area (Å²) in [6.07, 6.45) is 2.30. The lowest BCUT2D eigenvalue weighted by Gasteiger charge is -2.29. The van der Waals surface area contributed by atoms with Crippen molar-refractivity contribution >= 4 is 40.8 Å². The van der Waals surface area contributed by atoms with Crippen LogP contribution in [0.2, 0.25) is 0 Å². The number of nitrogens with two attached hydrogens (primary N) is 1. The number of amides is 3. The van der Waals surface area contributed by atoms with Crippen LogP contribution in [0.25, 0.3) is 11.1 Å². The molecule has 3 heterocycles. The van der Waals surface area contributed by atoms with Crippen LogP contribution in [0.1, 0.15) is 78.7 Å². The van der Waals surface area contributed by atoms with Crippen LogP contribution in [-0.4, -0.2) is 88.8 Å². The fourth-order valence-corrected chi connectivity index (χ4v) is 7.48. The summed E-state index contributed by atoms with van der Waals surface area (Å²) in [5.74, 6) is -2.16. The number of unbranched alkanes of at least 4 members (excludes halogenated alkanes) is 1. The third kappa shape index (κ3) is 10.4. The minimum Gasteiger partial charge on any atom is -0.445 e. The summed E-state index contributed by atoms with van der Waals surface area (Å²) in [6.45, 7) is 3.43. The largest absolute Gasteiger partial charge is 0.445 e. The van der Waals surface area contributed by atoms with Gasteiger partial charge in [0.2, 0.25) is 11.7 Å². The van der Waals surface area contributed by atoms with Crippen molar-refractivity contribution in [3.05, 3.63) is 101 Å². The molecule has 0 unspecified atom stereocenters. The molecule has 3 N–H and O–H groups in total. The van der Waals surface area contributed by atoms with Gasteiger partial charge in [-0.3, -0.25) is 14.4 Å². The fourth-order valence-electron chi connectivity index (χ4n) is 7.48. The number of hydrogen-bond acceptors (Lipinski definition) is 10. The van der Waals surface area contributed by atoms with Crippen molar-refractivity contribution in [3.8, 4) is 0 Å². The Bertz CT molecular complexity index is 1940. The van der Waals surface area contributed by atoms with Gasteiger partial charge in [0, 0.05) is 38.3 Å². The summed E-state index contributed by atoms with van der Waals surface area (Å²) in [5, 5.41) is 2.77. The molecule has 0 aliphatic carbocycles. The number of ketones is 2. The van der Waals surface area contributed by atoms with Gasteiger partial charge in [0.25, 0.3) is 5.89 Å². The van der Waals surface area contributed by atoms with Gasteiger partial charge in [-0.15, -0.1) is 0 Å². The number of fused-ring (bicyclic) bond motifs is 1. The zero-order valence-corrected chi connectivity index (χ0v) is 31.9. The normalized spacial score (nSPS) is 18.0. The predicted octanol–water partition coefficient (Wildman–Crippen LogP) is 6.15. The van der Waals surface area contributed by atoms with Crippen molar-refractivity contribution in [1.29, 1.82) is 0 Å². The molecule has 13 nitrogen and oxygen atoms in total. The molecule has 13 heteroatoms. The lowest BCUT2D eigenvalue weighted by atomic mass is 9.89. The Morgan fingerprint density at radius 1 is 0.929 bits per heavy atom. The highest BCUT2D eigenvalue weighted by atomic mass is 16.6. The number of likely N-dealkylation sites (tertiary alicyclic amines) is 2. The summed E-state index contributed by atoms with van der Waals surface area (Å²) in [4.78, 5) is 77.1. The maximum absolute atomic E-state index is 14.7. The molecule has 0 bridgehead atoms. The summed E-state index contributed by atoms with van der Waals surface area (Å²) in [6, 6.07) is 21.6. The van der Waals surface area contributed by atoms with Crippen molar-refractivity contribution in [3.63, 3.8) is 0 Å². The van der Waals surface area contributed by atoms with Gasteiger partial charge in [-0.25, -0.2) is 14.6 Å². The summed E-state index contributed by atoms with van der Waals surface area (Å²) in [7, 11) is 0. The van der Waals surface area contributed by atoms with E-state index in [4.69, 9.17) is 19.6 Å². The zero-order chi connectivity index (χ0) is 39.4. The van der Waals surface area contributed by atoms with Gasteiger partial charge in [0.05, 0.1) is 12.6 Å². The van der Waals surface area contributed by atoms with Gasteiger partial charge < -0.3 is 34.7 Å². The maximum atomic E-state index is 14.7. The van der Waals surface area contributed by atoms with E-state index < -0.39 is 48.0 Å². The standard InChI is InChI=1S/C43H51N5O8/c1-29-14-6-7-17-31(29)24-35(46-42(52)54-28-30-15-4-2-5-16-30)41(51)48-27-33(55-43(53)47-22-12-3-13-23-47)26-36(48)37(49)25-32(18-10-11-21-44)39(50)40-45-34-19-8-9-20-38(34)56-40/h2,4-9,14-17,19-20,32-33,35-36H,3,10-13,18,21-28,44H2,1H3,(H,46,52)/t32-,33-,35-,36+/m1/s1. The number of aromatic nitrogens is 1. The van der Waals surface area contributed by atoms with Crippen LogP contribution in [-0.2, 0) is 32.1 Å². The van der Waals surface area contributed by atoms with E-state index in [1.165, 1.54) is 4.90 Å². The molecule has 2 aliphatic rings. The van der Waals surface area contributed by atoms with Gasteiger partial charge >= 0.3 is 12.2 Å². The number of oxazole rings is 1. The van der Waals surface area contributed by atoms with Crippen LogP contribution in [0.15, 0.2) is 83.3 Å². The number of rotatable bonds is 16. The lowest BCUT2D eigenvalue weighted by Crippen LogP contribution is -2.53. The minimum atomic E-state index is -1.12. The highest BCUT2D eigenvalue weighted by Crippen LogP contribution is 2.29. The number of nitrogens with zero attached hydrogens (tertiary/aromatic N) is 3. The van der Waals surface area contributed by atoms with E-state index in [-0.39, 0.29) is 44.1 Å². The average Bonchev–Trinajstić information content (AvgIpc) is 3.85. The molecule has 6 rings (SSSR count). The highest BCUT2D eigenvalue weighted by molar-refractivity contribution is 6.00. The van der Waals surface area contributed by atoms with Crippen LogP contribution in [0.5, 0.6) is 0 Å². The number of Topliss-reactive ketones (excluding diaryl/α,β-unsaturated/α-hetero) is 2. The van der Waals surface area contributed by atoms with Gasteiger partial charge in [-0.05, 0) is 74.4 Å². The molecule has 0 saturated carbocycles. The van der Waals surface area contributed by atoms with Gasteiger partial charge in [-0.2, -0.15) is 0 Å². The zero-order valence-electron chi connectivity index (χ0n) is 31.9. The molecule has 0 radical (unpaired) electrons. The van der Waals surface area contributed by atoms with Gasteiger partial charge in [0.15, 0.2) is 11.4 Å². The van der Waals surface area contributed by atoms with Crippen molar-refractivity contribution in [2.24, 2.45) is 11.7 Å². The topological polar surface area (TPSA) is 174 Å². The highest BCUT2D eigenvalue weighted by Gasteiger charge is 2.45. The quantitative estimate of drug-likeness (QED) is 0.0995. The number of aryl methyl sites for hydroxylation is 1. The molecule has 56 heavy (non-hydrogen) atoms. The number of nitrogens with one attached hydrogen (secondary N) is 1. The molecular formula is C43H51N5O8. The summed E-state index contributed by atoms with van der Waals surface area (Å²) in [5.41, 5.74) is 9.30. The first-order chi connectivity index (χ1) is 27.2. The number of ether oxygens (including phenoxy) is 2. The second kappa shape index (κ2) is 19.3. The second-order valence-corrected chi connectivity index (χ2v) is 14.7. The Kier molecular flexibility index (Phi) is 13.9. The number of carbonyl (C=O) groups excluding carboxylic acids is 5. The van der Waals surface area contributed by atoms with Crippen molar-refractivity contribution < 1.29 is 37.9 Å². The van der Waals surface area contributed by atoms with E-state index in [9.17, 15) is 24.0 Å². The predicted molar refractivity (Wildman–Crippen MR) is 209 cm³/mol. The molecule has 3 amide bonds. The minimum absolute atomic E-state index is 0.00302. The first-order valence-corrected chi connectivity index (χ1v) is 19.6. The van der Waals surface area contributed by atoms with E-state index in [2.05, 4.69) is 10.3 Å². The molecule has 296 valence electrons. The Labute approximate surface area is 326 Å². The van der Waals surface area contributed by atoms with Crippen LogP contribution in [0.4, 0.5) is 9.59 Å². The number of alkyl carbamates (subject to hydrolysis) is 1. The SMILES string of the molecule is Cc1ccccc1C[C@@H](NC(=O)OCc1ccccc1)C(=O)N1C[C@H](OC(=O)N2CCCCC2)C[C@H]1C(=O)C[C@@H](CCCCN)C(=O)c1nc2ccccc2o1. The molecule has 4 atom stereocenters. The van der Waals surface area contributed by atoms with Crippen LogP contribution in [0.3, 0.4) is 0 Å². The van der Waals surface area contributed by atoms with Gasteiger partial charge in [0.1, 0.15) is 24.3 Å². The van der Waals surface area contributed by atoms with Crippen LogP contribution in [0, 0.1) is 12.8 Å². The maximum Gasteiger partial charge on any atom is 0.410 e. The Morgan fingerprint density at radius 3 is 2.41 bits per heavy atom.